The number of carbonyl (C=O) groups is 2. The van der Waals surface area contributed by atoms with E-state index >= 15 is 0 Å². The topological polar surface area (TPSA) is 89.3 Å². The summed E-state index contributed by atoms with van der Waals surface area (Å²) in [5.41, 5.74) is 2.34. The molecule has 2 aliphatic rings. The first kappa shape index (κ1) is 19.5. The van der Waals surface area contributed by atoms with Crippen molar-refractivity contribution in [3.63, 3.8) is 0 Å². The van der Waals surface area contributed by atoms with Gasteiger partial charge in [-0.3, -0.25) is 14.6 Å². The van der Waals surface area contributed by atoms with Crippen LogP contribution in [0, 0.1) is 11.3 Å². The Morgan fingerprint density at radius 1 is 1.38 bits per heavy atom. The minimum Gasteiger partial charge on any atom is -0.369 e. The summed E-state index contributed by atoms with van der Waals surface area (Å²) in [6.45, 7) is 3.10. The molecule has 0 unspecified atom stereocenters. The molecule has 0 bridgehead atoms. The van der Waals surface area contributed by atoms with Crippen LogP contribution in [0.25, 0.3) is 10.9 Å². The van der Waals surface area contributed by atoms with Crippen LogP contribution in [0.2, 0.25) is 0 Å². The summed E-state index contributed by atoms with van der Waals surface area (Å²) in [7, 11) is 0. The number of thioether (sulfide) groups is 1. The normalized spacial score (nSPS) is 21.4. The fourth-order valence-electron chi connectivity index (χ4n) is 3.98. The number of amides is 2. The average molecular weight is 410 g/mol. The van der Waals surface area contributed by atoms with Gasteiger partial charge in [-0.2, -0.15) is 5.26 Å². The highest BCUT2D eigenvalue weighted by Crippen LogP contribution is 2.29. The number of pyridine rings is 1. The van der Waals surface area contributed by atoms with Crippen LogP contribution in [0.5, 0.6) is 0 Å². The summed E-state index contributed by atoms with van der Waals surface area (Å²) < 4.78 is 0. The van der Waals surface area contributed by atoms with Gasteiger partial charge < -0.3 is 15.1 Å². The monoisotopic (exact) mass is 409 g/mol. The fraction of sp³-hybridized carbons (Fsp3) is 0.429. The number of aromatic nitrogens is 1. The molecule has 2 aliphatic heterocycles. The van der Waals surface area contributed by atoms with Crippen molar-refractivity contribution in [2.45, 2.75) is 31.8 Å². The number of hydrogen-bond acceptors (Lipinski definition) is 6. The zero-order chi connectivity index (χ0) is 20.4. The van der Waals surface area contributed by atoms with Gasteiger partial charge >= 0.3 is 0 Å². The van der Waals surface area contributed by atoms with E-state index in [0.717, 1.165) is 23.1 Å². The largest absolute Gasteiger partial charge is 0.369 e. The molecule has 4 rings (SSSR count). The molecule has 1 N–H and O–H groups in total. The van der Waals surface area contributed by atoms with Crippen LogP contribution < -0.4 is 10.2 Å². The summed E-state index contributed by atoms with van der Waals surface area (Å²) in [5, 5.41) is 12.6. The molecule has 2 aromatic rings. The van der Waals surface area contributed by atoms with Crippen LogP contribution in [0.3, 0.4) is 0 Å². The average Bonchev–Trinajstić information content (AvgIpc) is 3.39. The Labute approximate surface area is 174 Å². The second kappa shape index (κ2) is 8.29. The fourth-order valence-corrected chi connectivity index (χ4v) is 5.08. The Morgan fingerprint density at radius 3 is 3.00 bits per heavy atom. The molecule has 2 amide bonds. The number of benzene rings is 1. The van der Waals surface area contributed by atoms with Crippen LogP contribution in [0.15, 0.2) is 30.5 Å². The van der Waals surface area contributed by atoms with Crippen molar-refractivity contribution >= 4 is 40.2 Å². The van der Waals surface area contributed by atoms with Gasteiger partial charge in [-0.05, 0) is 44.0 Å². The van der Waals surface area contributed by atoms with E-state index in [1.54, 1.807) is 24.0 Å². The van der Waals surface area contributed by atoms with Crippen molar-refractivity contribution in [2.24, 2.45) is 0 Å². The van der Waals surface area contributed by atoms with Crippen LogP contribution in [0.4, 0.5) is 5.69 Å². The lowest BCUT2D eigenvalue weighted by Gasteiger charge is -2.24. The molecule has 0 aliphatic carbocycles. The first-order valence-corrected chi connectivity index (χ1v) is 10.9. The molecule has 2 fully saturated rings. The van der Waals surface area contributed by atoms with E-state index in [1.165, 1.54) is 17.7 Å². The van der Waals surface area contributed by atoms with Gasteiger partial charge in [0.25, 0.3) is 5.91 Å². The predicted molar refractivity (Wildman–Crippen MR) is 114 cm³/mol. The third kappa shape index (κ3) is 3.87. The predicted octanol–water partition coefficient (Wildman–Crippen LogP) is 2.38. The molecule has 29 heavy (non-hydrogen) atoms. The van der Waals surface area contributed by atoms with Crippen molar-refractivity contribution in [1.82, 2.24) is 15.2 Å². The van der Waals surface area contributed by atoms with E-state index in [2.05, 4.69) is 34.3 Å². The molecule has 3 heterocycles. The molecule has 0 saturated carbocycles. The number of nitrogens with zero attached hydrogens (tertiary/aromatic N) is 4. The Kier molecular flexibility index (Phi) is 5.58. The van der Waals surface area contributed by atoms with E-state index in [0.29, 0.717) is 23.2 Å². The number of hydrogen-bond donors (Lipinski definition) is 1. The second-order valence-electron chi connectivity index (χ2n) is 7.44. The molecule has 0 radical (unpaired) electrons. The summed E-state index contributed by atoms with van der Waals surface area (Å²) in [6.07, 6.45) is 3.94. The minimum atomic E-state index is -0.420. The van der Waals surface area contributed by atoms with Crippen molar-refractivity contribution in [2.75, 3.05) is 29.6 Å². The maximum atomic E-state index is 12.8. The molecule has 7 nitrogen and oxygen atoms in total. The van der Waals surface area contributed by atoms with E-state index in [-0.39, 0.29) is 18.4 Å². The Bertz CT molecular complexity index is 989. The third-order valence-corrected chi connectivity index (χ3v) is 6.62. The van der Waals surface area contributed by atoms with Crippen molar-refractivity contribution in [3.05, 3.63) is 36.0 Å². The lowest BCUT2D eigenvalue weighted by Crippen LogP contribution is -2.42. The summed E-state index contributed by atoms with van der Waals surface area (Å²) in [4.78, 5) is 33.5. The van der Waals surface area contributed by atoms with Crippen LogP contribution in [0.1, 0.15) is 30.1 Å². The van der Waals surface area contributed by atoms with Crippen molar-refractivity contribution < 1.29 is 9.59 Å². The quantitative estimate of drug-likeness (QED) is 0.834. The Balaban J connectivity index is 1.52. The van der Waals surface area contributed by atoms with Crippen LogP contribution in [-0.2, 0) is 4.79 Å². The molecule has 0 spiro atoms. The molecular weight excluding hydrogens is 386 g/mol. The van der Waals surface area contributed by atoms with Gasteiger partial charge in [-0.1, -0.05) is 0 Å². The minimum absolute atomic E-state index is 0.121. The zero-order valence-electron chi connectivity index (χ0n) is 16.3. The van der Waals surface area contributed by atoms with E-state index in [4.69, 9.17) is 5.26 Å². The molecular formula is C21H23N5O2S. The lowest BCUT2D eigenvalue weighted by atomic mass is 10.1. The highest BCUT2D eigenvalue weighted by atomic mass is 32.2. The van der Waals surface area contributed by atoms with Gasteiger partial charge in [-0.25, -0.2) is 0 Å². The second-order valence-corrected chi connectivity index (χ2v) is 8.44. The Morgan fingerprint density at radius 2 is 2.24 bits per heavy atom. The van der Waals surface area contributed by atoms with E-state index in [1.807, 2.05) is 12.1 Å². The van der Waals surface area contributed by atoms with Gasteiger partial charge in [0.2, 0.25) is 5.91 Å². The van der Waals surface area contributed by atoms with Crippen LogP contribution in [-0.4, -0.2) is 58.5 Å². The van der Waals surface area contributed by atoms with Crippen LogP contribution >= 0.6 is 11.8 Å². The number of rotatable bonds is 4. The van der Waals surface area contributed by atoms with Gasteiger partial charge in [0.1, 0.15) is 6.04 Å². The molecule has 1 aromatic heterocycles. The standard InChI is InChI=1S/C21H23N5O2S/c1-14-3-2-8-25(14)15-4-5-19-18(9-15)17(6-7-23-19)21(28)24-11-20(27)26-13-29-12-16(26)10-22/h4-7,9,14,16H,2-3,8,11-13H2,1H3,(H,24,28)/t14-,16-/m1/s1. The molecule has 2 atom stereocenters. The molecule has 150 valence electrons. The van der Waals surface area contributed by atoms with Crippen molar-refractivity contribution in [1.29, 1.82) is 5.26 Å². The summed E-state index contributed by atoms with van der Waals surface area (Å²) in [6, 6.07) is 9.88. The summed E-state index contributed by atoms with van der Waals surface area (Å²) >= 11 is 1.55. The number of carbonyl (C=O) groups excluding carboxylic acids is 2. The number of anilines is 1. The first-order valence-electron chi connectivity index (χ1n) is 9.79. The zero-order valence-corrected chi connectivity index (χ0v) is 17.1. The molecule has 2 saturated heterocycles. The molecule has 1 aromatic carbocycles. The number of nitriles is 1. The molecule has 8 heteroatoms. The van der Waals surface area contributed by atoms with E-state index < -0.39 is 6.04 Å². The Hall–Kier alpha value is -2.79. The maximum absolute atomic E-state index is 12.8. The van der Waals surface area contributed by atoms with Gasteiger partial charge in [-0.15, -0.1) is 11.8 Å². The third-order valence-electron chi connectivity index (χ3n) is 5.61. The van der Waals surface area contributed by atoms with Gasteiger partial charge in [0.15, 0.2) is 0 Å². The SMILES string of the molecule is C[C@@H]1CCCN1c1ccc2nccc(C(=O)NCC(=O)N3CSC[C@H]3C#N)c2c1. The number of fused-ring (bicyclic) bond motifs is 1. The van der Waals surface area contributed by atoms with Crippen molar-refractivity contribution in [3.8, 4) is 6.07 Å². The first-order chi connectivity index (χ1) is 14.1. The maximum Gasteiger partial charge on any atom is 0.252 e. The van der Waals surface area contributed by atoms with Gasteiger partial charge in [0.05, 0.1) is 29.6 Å². The van der Waals surface area contributed by atoms with Gasteiger partial charge in [0, 0.05) is 35.6 Å². The lowest BCUT2D eigenvalue weighted by molar-refractivity contribution is -0.129. The smallest absolute Gasteiger partial charge is 0.252 e. The highest BCUT2D eigenvalue weighted by Gasteiger charge is 2.29. The van der Waals surface area contributed by atoms with E-state index in [9.17, 15) is 9.59 Å². The highest BCUT2D eigenvalue weighted by molar-refractivity contribution is 7.99. The number of nitrogens with one attached hydrogen (secondary N) is 1. The summed E-state index contributed by atoms with van der Waals surface area (Å²) in [5.74, 6) is 0.559.